The lowest BCUT2D eigenvalue weighted by Gasteiger charge is -2.14. The molecule has 3 rings (SSSR count). The van der Waals surface area contributed by atoms with Gasteiger partial charge in [0.25, 0.3) is 0 Å². The minimum atomic E-state index is -0.206. The lowest BCUT2D eigenvalue weighted by atomic mass is 10.1. The second kappa shape index (κ2) is 7.70. The van der Waals surface area contributed by atoms with E-state index in [1.54, 1.807) is 50.7 Å². The van der Waals surface area contributed by atoms with E-state index in [0.29, 0.717) is 28.5 Å². The Morgan fingerprint density at radius 2 is 1.93 bits per heavy atom. The number of aromatic nitrogens is 1. The fourth-order valence-electron chi connectivity index (χ4n) is 3.01. The third kappa shape index (κ3) is 3.51. The van der Waals surface area contributed by atoms with Gasteiger partial charge in [-0.3, -0.25) is 4.79 Å². The maximum atomic E-state index is 12.5. The van der Waals surface area contributed by atoms with Crippen LogP contribution in [0.4, 0.5) is 5.69 Å². The number of fused-ring (bicyclic) bond motifs is 1. The second-order valence-corrected chi connectivity index (χ2v) is 5.80. The Balaban J connectivity index is 1.93. The highest BCUT2D eigenvalue weighted by Gasteiger charge is 2.20. The summed E-state index contributed by atoms with van der Waals surface area (Å²) >= 11 is 0. The van der Waals surface area contributed by atoms with Crippen molar-refractivity contribution in [3.8, 4) is 23.3 Å². The number of nitrogens with zero attached hydrogens (tertiary/aromatic N) is 1. The molecule has 0 saturated carbocycles. The van der Waals surface area contributed by atoms with Crippen LogP contribution in [0.15, 0.2) is 36.5 Å². The van der Waals surface area contributed by atoms with Crippen molar-refractivity contribution in [3.05, 3.63) is 47.7 Å². The lowest BCUT2D eigenvalue weighted by molar-refractivity contribution is -0.115. The molecule has 7 heteroatoms. The van der Waals surface area contributed by atoms with Crippen LogP contribution in [-0.4, -0.2) is 32.2 Å². The number of aromatic amines is 1. The normalized spacial score (nSPS) is 10.3. The number of nitrogens with one attached hydrogen (secondary N) is 2. The van der Waals surface area contributed by atoms with E-state index in [1.165, 1.54) is 7.11 Å². The van der Waals surface area contributed by atoms with E-state index >= 15 is 0 Å². The number of hydrogen-bond acceptors (Lipinski definition) is 5. The van der Waals surface area contributed by atoms with Crippen molar-refractivity contribution in [2.45, 2.75) is 6.42 Å². The van der Waals surface area contributed by atoms with Gasteiger partial charge in [-0.15, -0.1) is 0 Å². The predicted molar refractivity (Wildman–Crippen MR) is 101 cm³/mol. The maximum Gasteiger partial charge on any atom is 0.228 e. The summed E-state index contributed by atoms with van der Waals surface area (Å²) in [5, 5.41) is 12.5. The van der Waals surface area contributed by atoms with Crippen LogP contribution in [0.25, 0.3) is 10.9 Å². The maximum absolute atomic E-state index is 12.5. The van der Waals surface area contributed by atoms with Gasteiger partial charge in [-0.05, 0) is 23.8 Å². The van der Waals surface area contributed by atoms with Gasteiger partial charge >= 0.3 is 0 Å². The highest BCUT2D eigenvalue weighted by molar-refractivity contribution is 5.99. The van der Waals surface area contributed by atoms with E-state index in [0.717, 1.165) is 16.5 Å². The van der Waals surface area contributed by atoms with Crippen molar-refractivity contribution < 1.29 is 19.0 Å². The molecule has 138 valence electrons. The number of ether oxygens (including phenoxy) is 3. The molecule has 0 fully saturated rings. The SMILES string of the molecule is COc1cc2[nH]cc(CC(=O)Nc3cccc(C#N)c3)c2c(OC)c1OC. The van der Waals surface area contributed by atoms with Gasteiger partial charge in [0, 0.05) is 23.3 Å². The Morgan fingerprint density at radius 1 is 1.15 bits per heavy atom. The molecule has 1 heterocycles. The summed E-state index contributed by atoms with van der Waals surface area (Å²) in [6, 6.07) is 10.6. The second-order valence-electron chi connectivity index (χ2n) is 5.80. The monoisotopic (exact) mass is 365 g/mol. The number of benzene rings is 2. The van der Waals surface area contributed by atoms with Crippen molar-refractivity contribution in [2.75, 3.05) is 26.6 Å². The van der Waals surface area contributed by atoms with E-state index in [9.17, 15) is 4.79 Å². The number of H-pyrrole nitrogens is 1. The number of rotatable bonds is 6. The summed E-state index contributed by atoms with van der Waals surface area (Å²) in [6.07, 6.45) is 1.89. The quantitative estimate of drug-likeness (QED) is 0.699. The number of carbonyl (C=O) groups is 1. The molecule has 0 aliphatic heterocycles. The van der Waals surface area contributed by atoms with Crippen LogP contribution in [0, 0.1) is 11.3 Å². The molecule has 3 aromatic rings. The zero-order valence-electron chi connectivity index (χ0n) is 15.3. The molecule has 7 nitrogen and oxygen atoms in total. The van der Waals surface area contributed by atoms with E-state index in [4.69, 9.17) is 19.5 Å². The Morgan fingerprint density at radius 3 is 2.59 bits per heavy atom. The Bertz CT molecular complexity index is 1030. The number of nitriles is 1. The van der Waals surface area contributed by atoms with Crippen molar-refractivity contribution in [3.63, 3.8) is 0 Å². The molecule has 1 aromatic heterocycles. The highest BCUT2D eigenvalue weighted by Crippen LogP contribution is 2.44. The van der Waals surface area contributed by atoms with Gasteiger partial charge in [-0.2, -0.15) is 5.26 Å². The molecule has 0 aliphatic carbocycles. The molecule has 1 amide bonds. The topological polar surface area (TPSA) is 96.4 Å². The number of methoxy groups -OCH3 is 3. The Kier molecular flexibility index (Phi) is 5.18. The first-order valence-corrected chi connectivity index (χ1v) is 8.20. The van der Waals surface area contributed by atoms with Crippen molar-refractivity contribution in [1.82, 2.24) is 4.98 Å². The molecule has 0 saturated heterocycles. The van der Waals surface area contributed by atoms with Gasteiger partial charge in [-0.1, -0.05) is 6.07 Å². The predicted octanol–water partition coefficient (Wildman–Crippen LogP) is 3.25. The summed E-state index contributed by atoms with van der Waals surface area (Å²) in [7, 11) is 4.63. The molecular formula is C20H19N3O4. The lowest BCUT2D eigenvalue weighted by Crippen LogP contribution is -2.14. The Hall–Kier alpha value is -3.66. The number of hydrogen-bond donors (Lipinski definition) is 2. The van der Waals surface area contributed by atoms with E-state index in [1.807, 2.05) is 0 Å². The van der Waals surface area contributed by atoms with Crippen LogP contribution in [0.2, 0.25) is 0 Å². The molecule has 0 unspecified atom stereocenters. The van der Waals surface area contributed by atoms with Gasteiger partial charge in [0.2, 0.25) is 11.7 Å². The molecule has 0 aliphatic rings. The molecule has 0 radical (unpaired) electrons. The minimum Gasteiger partial charge on any atom is -0.493 e. The van der Waals surface area contributed by atoms with Crippen molar-refractivity contribution in [1.29, 1.82) is 5.26 Å². The minimum absolute atomic E-state index is 0.128. The summed E-state index contributed by atoms with van der Waals surface area (Å²) in [4.78, 5) is 15.6. The molecule has 0 bridgehead atoms. The summed E-state index contributed by atoms with van der Waals surface area (Å²) < 4.78 is 16.3. The average molecular weight is 365 g/mol. The molecular weight excluding hydrogens is 346 g/mol. The molecule has 27 heavy (non-hydrogen) atoms. The fraction of sp³-hybridized carbons (Fsp3) is 0.200. The highest BCUT2D eigenvalue weighted by atomic mass is 16.5. The standard InChI is InChI=1S/C20H19N3O4/c1-25-16-9-15-18(20(27-3)19(16)26-2)13(11-22-15)8-17(24)23-14-6-4-5-12(7-14)10-21/h4-7,9,11,22H,8H2,1-3H3,(H,23,24). The van der Waals surface area contributed by atoms with Gasteiger partial charge in [0.15, 0.2) is 11.5 Å². The Labute approximate surface area is 156 Å². The first-order chi connectivity index (χ1) is 13.1. The van der Waals surface area contributed by atoms with Gasteiger partial charge in [-0.25, -0.2) is 0 Å². The van der Waals surface area contributed by atoms with E-state index < -0.39 is 0 Å². The molecule has 0 atom stereocenters. The zero-order chi connectivity index (χ0) is 19.4. The third-order valence-electron chi connectivity index (χ3n) is 4.18. The van der Waals surface area contributed by atoms with Crippen molar-refractivity contribution in [2.24, 2.45) is 0 Å². The van der Waals surface area contributed by atoms with Crippen LogP contribution < -0.4 is 19.5 Å². The number of anilines is 1. The molecule has 2 aromatic carbocycles. The van der Waals surface area contributed by atoms with Crippen LogP contribution in [0.5, 0.6) is 17.2 Å². The van der Waals surface area contributed by atoms with E-state index in [-0.39, 0.29) is 12.3 Å². The fourth-order valence-corrected chi connectivity index (χ4v) is 3.01. The summed E-state index contributed by atoms with van der Waals surface area (Å²) in [6.45, 7) is 0. The van der Waals surface area contributed by atoms with Gasteiger partial charge in [0.05, 0.1) is 44.9 Å². The molecule has 2 N–H and O–H groups in total. The summed E-state index contributed by atoms with van der Waals surface area (Å²) in [5.74, 6) is 1.30. The third-order valence-corrected chi connectivity index (χ3v) is 4.18. The number of carbonyl (C=O) groups excluding carboxylic acids is 1. The zero-order valence-corrected chi connectivity index (χ0v) is 15.3. The largest absolute Gasteiger partial charge is 0.493 e. The van der Waals surface area contributed by atoms with Gasteiger partial charge in [0.1, 0.15) is 0 Å². The van der Waals surface area contributed by atoms with Gasteiger partial charge < -0.3 is 24.5 Å². The van der Waals surface area contributed by atoms with Crippen LogP contribution in [-0.2, 0) is 11.2 Å². The van der Waals surface area contributed by atoms with Crippen LogP contribution in [0.3, 0.4) is 0 Å². The van der Waals surface area contributed by atoms with Crippen LogP contribution in [0.1, 0.15) is 11.1 Å². The number of amides is 1. The summed E-state index contributed by atoms with van der Waals surface area (Å²) in [5.41, 5.74) is 2.60. The average Bonchev–Trinajstić information content (AvgIpc) is 3.08. The first-order valence-electron chi connectivity index (χ1n) is 8.20. The van der Waals surface area contributed by atoms with E-state index in [2.05, 4.69) is 16.4 Å². The first kappa shape index (κ1) is 18.1. The van der Waals surface area contributed by atoms with Crippen LogP contribution >= 0.6 is 0 Å². The molecule has 0 spiro atoms. The van der Waals surface area contributed by atoms with Crippen molar-refractivity contribution >= 4 is 22.5 Å². The smallest absolute Gasteiger partial charge is 0.228 e.